The molecule has 1 unspecified atom stereocenters. The third-order valence-corrected chi connectivity index (χ3v) is 3.60. The van der Waals surface area contributed by atoms with Crippen molar-refractivity contribution < 1.29 is 18.6 Å². The highest BCUT2D eigenvalue weighted by Gasteiger charge is 2.21. The van der Waals surface area contributed by atoms with E-state index in [2.05, 4.69) is 0 Å². The summed E-state index contributed by atoms with van der Waals surface area (Å²) in [6.07, 6.45) is -0.282. The number of hydrogen-bond acceptors (Lipinski definition) is 5. The van der Waals surface area contributed by atoms with Gasteiger partial charge in [-0.05, 0) is 24.3 Å². The molecule has 0 aliphatic carbocycles. The summed E-state index contributed by atoms with van der Waals surface area (Å²) in [6, 6.07) is 16.4. The Labute approximate surface area is 132 Å². The van der Waals surface area contributed by atoms with Crippen molar-refractivity contribution in [2.75, 3.05) is 13.2 Å². The zero-order valence-corrected chi connectivity index (χ0v) is 12.2. The van der Waals surface area contributed by atoms with E-state index in [-0.39, 0.29) is 18.5 Å². The molecule has 1 atom stereocenters. The molecule has 23 heavy (non-hydrogen) atoms. The monoisotopic (exact) mass is 310 g/mol. The topological polar surface area (TPSA) is 57.9 Å². The molecule has 2 heterocycles. The van der Waals surface area contributed by atoms with E-state index in [0.29, 0.717) is 23.7 Å². The molecule has 5 nitrogen and oxygen atoms in total. The van der Waals surface area contributed by atoms with E-state index in [4.69, 9.17) is 18.6 Å². The van der Waals surface area contributed by atoms with Crippen LogP contribution in [0.15, 0.2) is 63.8 Å². The average molecular weight is 310 g/mol. The molecule has 3 aromatic rings. The van der Waals surface area contributed by atoms with Gasteiger partial charge in [-0.15, -0.1) is 0 Å². The largest absolute Gasteiger partial charge is 0.486 e. The summed E-state index contributed by atoms with van der Waals surface area (Å²) < 4.78 is 22.2. The second kappa shape index (κ2) is 5.68. The predicted octanol–water partition coefficient (Wildman–Crippen LogP) is 3.01. The van der Waals surface area contributed by atoms with Gasteiger partial charge in [0.1, 0.15) is 18.8 Å². The first-order valence-electron chi connectivity index (χ1n) is 7.34. The smallest absolute Gasteiger partial charge is 0.379 e. The van der Waals surface area contributed by atoms with Crippen LogP contribution < -0.4 is 19.8 Å². The Morgan fingerprint density at radius 1 is 1.04 bits per heavy atom. The molecule has 0 saturated heterocycles. The molecule has 0 fully saturated rings. The molecule has 5 heteroatoms. The molecule has 0 bridgehead atoms. The summed E-state index contributed by atoms with van der Waals surface area (Å²) in [5, 5.41) is 0.813. The molecule has 1 aromatic heterocycles. The van der Waals surface area contributed by atoms with Gasteiger partial charge in [0.05, 0.1) is 0 Å². The first kappa shape index (κ1) is 13.7. The van der Waals surface area contributed by atoms with Crippen LogP contribution in [0, 0.1) is 0 Å². The van der Waals surface area contributed by atoms with Crippen LogP contribution in [0.3, 0.4) is 0 Å². The summed E-state index contributed by atoms with van der Waals surface area (Å²) in [5.41, 5.74) is 0.0388. The zero-order valence-electron chi connectivity index (χ0n) is 12.2. The fraction of sp³-hybridized carbons (Fsp3) is 0.167. The minimum Gasteiger partial charge on any atom is -0.486 e. The average Bonchev–Trinajstić information content (AvgIpc) is 2.59. The van der Waals surface area contributed by atoms with E-state index in [1.165, 1.54) is 0 Å². The fourth-order valence-electron chi connectivity index (χ4n) is 2.47. The van der Waals surface area contributed by atoms with Crippen molar-refractivity contribution in [3.63, 3.8) is 0 Å². The van der Waals surface area contributed by atoms with E-state index in [9.17, 15) is 4.79 Å². The molecule has 0 N–H and O–H groups in total. The highest BCUT2D eigenvalue weighted by atomic mass is 16.6. The molecule has 4 rings (SSSR count). The maximum absolute atomic E-state index is 11.9. The lowest BCUT2D eigenvalue weighted by Crippen LogP contribution is -2.35. The highest BCUT2D eigenvalue weighted by Crippen LogP contribution is 2.31. The summed E-state index contributed by atoms with van der Waals surface area (Å²) in [4.78, 5) is 11.9. The Morgan fingerprint density at radius 3 is 2.74 bits per heavy atom. The highest BCUT2D eigenvalue weighted by molar-refractivity contribution is 5.77. The van der Waals surface area contributed by atoms with Crippen LogP contribution in [-0.2, 0) is 0 Å². The maximum atomic E-state index is 11.9. The molecule has 0 spiro atoms. The van der Waals surface area contributed by atoms with Crippen molar-refractivity contribution in [2.24, 2.45) is 0 Å². The number of benzene rings is 2. The minimum atomic E-state index is -0.499. The summed E-state index contributed by atoms with van der Waals surface area (Å²) >= 11 is 0. The van der Waals surface area contributed by atoms with Crippen molar-refractivity contribution in [2.45, 2.75) is 6.10 Å². The zero-order chi connectivity index (χ0) is 15.6. The number of fused-ring (bicyclic) bond motifs is 2. The van der Waals surface area contributed by atoms with E-state index in [1.807, 2.05) is 42.5 Å². The Balaban J connectivity index is 1.50. The van der Waals surface area contributed by atoms with Gasteiger partial charge in [-0.1, -0.05) is 30.3 Å². The van der Waals surface area contributed by atoms with Crippen LogP contribution in [0.5, 0.6) is 17.2 Å². The Hall–Kier alpha value is -2.95. The minimum absolute atomic E-state index is 0.172. The van der Waals surface area contributed by atoms with Gasteiger partial charge in [-0.25, -0.2) is 4.79 Å². The number of ether oxygens (including phenoxy) is 3. The van der Waals surface area contributed by atoms with Crippen molar-refractivity contribution in [3.05, 3.63) is 65.0 Å². The lowest BCUT2D eigenvalue weighted by molar-refractivity contribution is 0.0525. The van der Waals surface area contributed by atoms with Crippen molar-refractivity contribution in [3.8, 4) is 17.2 Å². The van der Waals surface area contributed by atoms with Crippen molar-refractivity contribution >= 4 is 11.0 Å². The van der Waals surface area contributed by atoms with Gasteiger partial charge in [-0.2, -0.15) is 0 Å². The summed E-state index contributed by atoms with van der Waals surface area (Å²) in [6.45, 7) is 0.577. The molecule has 1 aliphatic rings. The van der Waals surface area contributed by atoms with Crippen molar-refractivity contribution in [1.82, 2.24) is 0 Å². The van der Waals surface area contributed by atoms with Gasteiger partial charge in [-0.3, -0.25) is 0 Å². The van der Waals surface area contributed by atoms with Gasteiger partial charge in [0.15, 0.2) is 17.6 Å². The van der Waals surface area contributed by atoms with Crippen LogP contribution in [-0.4, -0.2) is 19.3 Å². The Morgan fingerprint density at radius 2 is 1.83 bits per heavy atom. The quantitative estimate of drug-likeness (QED) is 0.696. The Bertz CT molecular complexity index is 899. The summed E-state index contributed by atoms with van der Waals surface area (Å²) in [7, 11) is 0. The SMILES string of the molecule is O=c1oc2ccccc2cc1OCC1COc2ccccc2O1. The first-order valence-corrected chi connectivity index (χ1v) is 7.34. The first-order chi connectivity index (χ1) is 11.3. The van der Waals surface area contributed by atoms with E-state index in [1.54, 1.807) is 12.1 Å². The molecule has 0 saturated carbocycles. The van der Waals surface area contributed by atoms with E-state index < -0.39 is 5.63 Å². The van der Waals surface area contributed by atoms with Gasteiger partial charge >= 0.3 is 5.63 Å². The van der Waals surface area contributed by atoms with Crippen LogP contribution in [0.25, 0.3) is 11.0 Å². The normalized spacial score (nSPS) is 16.3. The molecular weight excluding hydrogens is 296 g/mol. The standard InChI is InChI=1S/C18H14O5/c19-18-17(9-12-5-1-2-6-14(12)23-18)21-11-13-10-20-15-7-3-4-8-16(15)22-13/h1-9,13H,10-11H2. The second-order valence-corrected chi connectivity index (χ2v) is 5.24. The Kier molecular flexibility index (Phi) is 3.38. The molecule has 0 radical (unpaired) electrons. The van der Waals surface area contributed by atoms with Gasteiger partial charge < -0.3 is 18.6 Å². The van der Waals surface area contributed by atoms with E-state index in [0.717, 1.165) is 5.39 Å². The van der Waals surface area contributed by atoms with E-state index >= 15 is 0 Å². The number of hydrogen-bond donors (Lipinski definition) is 0. The second-order valence-electron chi connectivity index (χ2n) is 5.24. The molecule has 1 aliphatic heterocycles. The van der Waals surface area contributed by atoms with Crippen molar-refractivity contribution in [1.29, 1.82) is 0 Å². The number of rotatable bonds is 3. The van der Waals surface area contributed by atoms with Crippen LogP contribution in [0.2, 0.25) is 0 Å². The maximum Gasteiger partial charge on any atom is 0.379 e. The fourth-order valence-corrected chi connectivity index (χ4v) is 2.47. The summed E-state index contributed by atoms with van der Waals surface area (Å²) in [5.74, 6) is 1.57. The molecule has 2 aromatic carbocycles. The molecule has 0 amide bonds. The van der Waals surface area contributed by atoms with Gasteiger partial charge in [0.2, 0.25) is 5.75 Å². The van der Waals surface area contributed by atoms with Crippen LogP contribution >= 0.6 is 0 Å². The predicted molar refractivity (Wildman–Crippen MR) is 84.3 cm³/mol. The van der Waals surface area contributed by atoms with Gasteiger partial charge in [0.25, 0.3) is 0 Å². The van der Waals surface area contributed by atoms with Crippen LogP contribution in [0.4, 0.5) is 0 Å². The lowest BCUT2D eigenvalue weighted by Gasteiger charge is -2.26. The number of para-hydroxylation sites is 3. The molecule has 116 valence electrons. The van der Waals surface area contributed by atoms with Crippen LogP contribution in [0.1, 0.15) is 0 Å². The lowest BCUT2D eigenvalue weighted by atomic mass is 10.2. The third kappa shape index (κ3) is 2.73. The van der Waals surface area contributed by atoms with Gasteiger partial charge in [0, 0.05) is 5.39 Å². The molecular formula is C18H14O5. The third-order valence-electron chi connectivity index (χ3n) is 3.60.